The van der Waals surface area contributed by atoms with Crippen molar-refractivity contribution in [3.8, 4) is 0 Å². The van der Waals surface area contributed by atoms with Crippen LogP contribution in [0.4, 0.5) is 15.8 Å². The fraction of sp³-hybridized carbons (Fsp3) is 0.350. The molecule has 3 rings (SSSR count). The standard InChI is InChI=1S/C20H25FN4O3S/c21-16-5-7-18(8-6-16)25-11-2-10-24(13-14-25)12-9-20(26)23-17-3-1-4-19(15-17)29(22,27)28/h1,3-8,15H,2,9-14H2,(H,23,26)(H2,22,27,28). The lowest BCUT2D eigenvalue weighted by Gasteiger charge is -2.23. The number of amides is 1. The minimum Gasteiger partial charge on any atom is -0.370 e. The molecule has 1 aliphatic rings. The first-order valence-corrected chi connectivity index (χ1v) is 11.0. The Hall–Kier alpha value is -2.49. The lowest BCUT2D eigenvalue weighted by Crippen LogP contribution is -2.32. The second kappa shape index (κ2) is 9.34. The van der Waals surface area contributed by atoms with E-state index in [1.54, 1.807) is 18.2 Å². The molecule has 7 nitrogen and oxygen atoms in total. The maximum atomic E-state index is 13.1. The van der Waals surface area contributed by atoms with E-state index in [0.717, 1.165) is 38.3 Å². The van der Waals surface area contributed by atoms with Crippen LogP contribution in [0.3, 0.4) is 0 Å². The fourth-order valence-corrected chi connectivity index (χ4v) is 3.90. The van der Waals surface area contributed by atoms with Crippen molar-refractivity contribution in [1.82, 2.24) is 4.90 Å². The Morgan fingerprint density at radius 3 is 2.55 bits per heavy atom. The van der Waals surface area contributed by atoms with Crippen molar-refractivity contribution in [3.63, 3.8) is 0 Å². The Morgan fingerprint density at radius 1 is 1.07 bits per heavy atom. The molecule has 1 fully saturated rings. The zero-order chi connectivity index (χ0) is 20.9. The molecule has 0 unspecified atom stereocenters. The van der Waals surface area contributed by atoms with E-state index in [9.17, 15) is 17.6 Å². The summed E-state index contributed by atoms with van der Waals surface area (Å²) in [5.74, 6) is -0.429. The maximum Gasteiger partial charge on any atom is 0.238 e. The van der Waals surface area contributed by atoms with Crippen LogP contribution in [-0.2, 0) is 14.8 Å². The molecule has 3 N–H and O–H groups in total. The minimum atomic E-state index is -3.81. The second-order valence-corrected chi connectivity index (χ2v) is 8.59. The quantitative estimate of drug-likeness (QED) is 0.745. The van der Waals surface area contributed by atoms with Crippen LogP contribution >= 0.6 is 0 Å². The molecule has 9 heteroatoms. The van der Waals surface area contributed by atoms with Gasteiger partial charge in [-0.3, -0.25) is 4.79 Å². The van der Waals surface area contributed by atoms with E-state index in [0.29, 0.717) is 18.7 Å². The molecule has 0 spiro atoms. The van der Waals surface area contributed by atoms with Crippen LogP contribution in [0.2, 0.25) is 0 Å². The number of benzene rings is 2. The topological polar surface area (TPSA) is 95.7 Å². The van der Waals surface area contributed by atoms with Crippen molar-refractivity contribution < 1.29 is 17.6 Å². The number of hydrogen-bond donors (Lipinski definition) is 2. The van der Waals surface area contributed by atoms with Crippen LogP contribution in [0.15, 0.2) is 53.4 Å². The summed E-state index contributed by atoms with van der Waals surface area (Å²) in [4.78, 5) is 16.7. The van der Waals surface area contributed by atoms with Gasteiger partial charge in [0.2, 0.25) is 15.9 Å². The molecular formula is C20H25FN4O3S. The van der Waals surface area contributed by atoms with E-state index in [-0.39, 0.29) is 16.6 Å². The summed E-state index contributed by atoms with van der Waals surface area (Å²) in [6, 6.07) is 12.4. The van der Waals surface area contributed by atoms with Crippen molar-refractivity contribution in [1.29, 1.82) is 0 Å². The number of nitrogens with zero attached hydrogens (tertiary/aromatic N) is 2. The van der Waals surface area contributed by atoms with Gasteiger partial charge >= 0.3 is 0 Å². The zero-order valence-electron chi connectivity index (χ0n) is 16.1. The highest BCUT2D eigenvalue weighted by Gasteiger charge is 2.16. The summed E-state index contributed by atoms with van der Waals surface area (Å²) < 4.78 is 35.9. The third-order valence-corrected chi connectivity index (χ3v) is 5.79. The van der Waals surface area contributed by atoms with Gasteiger partial charge in [0.25, 0.3) is 0 Å². The van der Waals surface area contributed by atoms with Crippen LogP contribution in [0.25, 0.3) is 0 Å². The summed E-state index contributed by atoms with van der Waals surface area (Å²) in [5, 5.41) is 7.84. The number of hydrogen-bond acceptors (Lipinski definition) is 5. The zero-order valence-corrected chi connectivity index (χ0v) is 16.9. The van der Waals surface area contributed by atoms with Crippen LogP contribution < -0.4 is 15.4 Å². The molecule has 156 valence electrons. The number of anilines is 2. The lowest BCUT2D eigenvalue weighted by atomic mass is 10.2. The molecule has 0 bridgehead atoms. The van der Waals surface area contributed by atoms with Gasteiger partial charge in [-0.15, -0.1) is 0 Å². The first-order valence-electron chi connectivity index (χ1n) is 9.47. The van der Waals surface area contributed by atoms with E-state index in [4.69, 9.17) is 5.14 Å². The van der Waals surface area contributed by atoms with E-state index in [1.807, 2.05) is 0 Å². The van der Waals surface area contributed by atoms with Gasteiger partial charge in [0, 0.05) is 44.0 Å². The van der Waals surface area contributed by atoms with Crippen LogP contribution in [0, 0.1) is 5.82 Å². The van der Waals surface area contributed by atoms with E-state index < -0.39 is 10.0 Å². The lowest BCUT2D eigenvalue weighted by molar-refractivity contribution is -0.116. The molecule has 2 aromatic rings. The fourth-order valence-electron chi connectivity index (χ4n) is 3.34. The number of sulfonamides is 1. The van der Waals surface area contributed by atoms with Gasteiger partial charge in [0.1, 0.15) is 5.82 Å². The molecule has 0 aromatic heterocycles. The number of halogens is 1. The molecule has 0 atom stereocenters. The Morgan fingerprint density at radius 2 is 1.83 bits per heavy atom. The third kappa shape index (κ3) is 6.25. The highest BCUT2D eigenvalue weighted by molar-refractivity contribution is 7.89. The van der Waals surface area contributed by atoms with Crippen molar-refractivity contribution in [2.24, 2.45) is 5.14 Å². The van der Waals surface area contributed by atoms with Gasteiger partial charge in [0.05, 0.1) is 4.90 Å². The maximum absolute atomic E-state index is 13.1. The van der Waals surface area contributed by atoms with Crippen LogP contribution in [0.5, 0.6) is 0 Å². The first kappa shape index (κ1) is 21.2. The smallest absolute Gasteiger partial charge is 0.238 e. The third-order valence-electron chi connectivity index (χ3n) is 4.88. The van der Waals surface area contributed by atoms with Crippen molar-refractivity contribution >= 4 is 27.3 Å². The van der Waals surface area contributed by atoms with Crippen molar-refractivity contribution in [3.05, 3.63) is 54.3 Å². The van der Waals surface area contributed by atoms with Gasteiger partial charge < -0.3 is 15.1 Å². The monoisotopic (exact) mass is 420 g/mol. The minimum absolute atomic E-state index is 0.0382. The normalized spacial score (nSPS) is 15.7. The van der Waals surface area contributed by atoms with E-state index in [1.165, 1.54) is 30.3 Å². The van der Waals surface area contributed by atoms with Gasteiger partial charge in [-0.1, -0.05) is 6.07 Å². The molecule has 1 heterocycles. The average molecular weight is 421 g/mol. The number of primary sulfonamides is 1. The number of nitrogens with one attached hydrogen (secondary N) is 1. The Labute approximate surface area is 170 Å². The first-order chi connectivity index (χ1) is 13.8. The molecule has 0 saturated carbocycles. The molecule has 0 aliphatic carbocycles. The highest BCUT2D eigenvalue weighted by atomic mass is 32.2. The predicted octanol–water partition coefficient (Wildman–Crippen LogP) is 2.01. The summed E-state index contributed by atoms with van der Waals surface area (Å²) in [5.41, 5.74) is 1.40. The van der Waals surface area contributed by atoms with Gasteiger partial charge in [-0.2, -0.15) is 0 Å². The van der Waals surface area contributed by atoms with E-state index >= 15 is 0 Å². The number of rotatable bonds is 6. The summed E-state index contributed by atoms with van der Waals surface area (Å²) >= 11 is 0. The number of carbonyl (C=O) groups is 1. The number of carbonyl (C=O) groups excluding carboxylic acids is 1. The molecule has 2 aromatic carbocycles. The van der Waals surface area contributed by atoms with Gasteiger partial charge in [-0.25, -0.2) is 17.9 Å². The largest absolute Gasteiger partial charge is 0.370 e. The second-order valence-electron chi connectivity index (χ2n) is 7.03. The Bertz CT molecular complexity index is 950. The molecule has 1 aliphatic heterocycles. The van der Waals surface area contributed by atoms with Crippen molar-refractivity contribution in [2.75, 3.05) is 42.9 Å². The molecule has 29 heavy (non-hydrogen) atoms. The van der Waals surface area contributed by atoms with Crippen molar-refractivity contribution in [2.45, 2.75) is 17.7 Å². The average Bonchev–Trinajstić information content (AvgIpc) is 2.92. The van der Waals surface area contributed by atoms with Crippen LogP contribution in [-0.4, -0.2) is 51.9 Å². The summed E-state index contributed by atoms with van der Waals surface area (Å²) in [6.07, 6.45) is 1.26. The molecule has 1 amide bonds. The summed E-state index contributed by atoms with van der Waals surface area (Å²) in [7, 11) is -3.81. The van der Waals surface area contributed by atoms with Crippen LogP contribution in [0.1, 0.15) is 12.8 Å². The van der Waals surface area contributed by atoms with Gasteiger partial charge in [0.15, 0.2) is 0 Å². The van der Waals surface area contributed by atoms with E-state index in [2.05, 4.69) is 15.1 Å². The SMILES string of the molecule is NS(=O)(=O)c1cccc(NC(=O)CCN2CCCN(c3ccc(F)cc3)CC2)c1. The molecule has 0 radical (unpaired) electrons. The predicted molar refractivity (Wildman–Crippen MR) is 111 cm³/mol. The van der Waals surface area contributed by atoms with Gasteiger partial charge in [-0.05, 0) is 55.4 Å². The Kier molecular flexibility index (Phi) is 6.83. The Balaban J connectivity index is 1.49. The highest BCUT2D eigenvalue weighted by Crippen LogP contribution is 2.18. The molecular weight excluding hydrogens is 395 g/mol. The molecule has 1 saturated heterocycles. The summed E-state index contributed by atoms with van der Waals surface area (Å²) in [6.45, 7) is 3.99. The number of nitrogens with two attached hydrogens (primary N) is 1.